The predicted octanol–water partition coefficient (Wildman–Crippen LogP) is 7.75. The summed E-state index contributed by atoms with van der Waals surface area (Å²) in [5, 5.41) is 12.4. The zero-order chi connectivity index (χ0) is 24.4. The first kappa shape index (κ1) is 23.7. The summed E-state index contributed by atoms with van der Waals surface area (Å²) in [5.74, 6) is 2.01. The number of hydrogen-bond donors (Lipinski definition) is 3. The Bertz CT molecular complexity index is 1160. The van der Waals surface area contributed by atoms with Crippen LogP contribution in [-0.2, 0) is 5.41 Å². The number of anilines is 3. The topological polar surface area (TPSA) is 74.2 Å². The minimum Gasteiger partial charge on any atom is -0.478 e. The van der Waals surface area contributed by atoms with Crippen LogP contribution in [0, 0.1) is 17.8 Å². The van der Waals surface area contributed by atoms with Crippen molar-refractivity contribution in [1.29, 1.82) is 0 Å². The van der Waals surface area contributed by atoms with E-state index in [0.717, 1.165) is 34.0 Å². The van der Waals surface area contributed by atoms with Crippen LogP contribution in [-0.4, -0.2) is 16.1 Å². The van der Waals surface area contributed by atoms with Crippen LogP contribution in [0.3, 0.4) is 0 Å². The maximum absolute atomic E-state index is 11.4. The lowest BCUT2D eigenvalue weighted by Gasteiger charge is -2.47. The fraction of sp³-hybridized carbons (Fsp3) is 0.379. The molecule has 3 N–H and O–H groups in total. The van der Waals surface area contributed by atoms with Crippen LogP contribution in [0.5, 0.6) is 0 Å². The van der Waals surface area contributed by atoms with Gasteiger partial charge in [-0.1, -0.05) is 26.0 Å². The molecule has 0 amide bonds. The first-order valence-electron chi connectivity index (χ1n) is 12.5. The lowest BCUT2D eigenvalue weighted by molar-refractivity contribution is 0.0697. The summed E-state index contributed by atoms with van der Waals surface area (Å²) in [4.78, 5) is 16.6. The molecule has 0 saturated heterocycles. The van der Waals surface area contributed by atoms with E-state index in [-0.39, 0.29) is 5.56 Å². The summed E-state index contributed by atoms with van der Waals surface area (Å²) in [6, 6.07) is 20.0. The summed E-state index contributed by atoms with van der Waals surface area (Å²) in [6.07, 6.45) is 8.46. The summed E-state index contributed by atoms with van der Waals surface area (Å²) in [7, 11) is 0. The first-order valence-corrected chi connectivity index (χ1v) is 13.3. The Kier molecular flexibility index (Phi) is 6.74. The molecule has 2 saturated carbocycles. The summed E-state index contributed by atoms with van der Waals surface area (Å²) < 4.78 is 3.45. The van der Waals surface area contributed by atoms with Crippen molar-refractivity contribution in [2.24, 2.45) is 17.8 Å². The molecule has 0 aliphatic heterocycles. The Morgan fingerprint density at radius 1 is 0.971 bits per heavy atom. The van der Waals surface area contributed by atoms with Gasteiger partial charge in [0.25, 0.3) is 0 Å². The number of carboxylic acid groups (broad SMARTS) is 1. The van der Waals surface area contributed by atoms with Crippen LogP contribution in [0.15, 0.2) is 71.8 Å². The summed E-state index contributed by atoms with van der Waals surface area (Å²) in [6.45, 7) is 4.90. The van der Waals surface area contributed by atoms with Crippen LogP contribution in [0.25, 0.3) is 0 Å². The normalized spacial score (nSPS) is 25.6. The van der Waals surface area contributed by atoms with Gasteiger partial charge in [-0.25, -0.2) is 9.78 Å². The van der Waals surface area contributed by atoms with Crippen molar-refractivity contribution in [2.45, 2.75) is 56.3 Å². The van der Waals surface area contributed by atoms with Crippen LogP contribution < -0.4 is 10.0 Å². The minimum absolute atomic E-state index is 0.149. The number of hydrogen-bond acceptors (Lipinski definition) is 5. The van der Waals surface area contributed by atoms with Crippen molar-refractivity contribution in [3.63, 3.8) is 0 Å². The number of aromatic nitrogens is 1. The fourth-order valence-corrected chi connectivity index (χ4v) is 6.95. The van der Waals surface area contributed by atoms with Gasteiger partial charge in [-0.3, -0.25) is 0 Å². The molecule has 35 heavy (non-hydrogen) atoms. The Morgan fingerprint density at radius 3 is 2.29 bits per heavy atom. The van der Waals surface area contributed by atoms with Crippen molar-refractivity contribution in [3.05, 3.63) is 78.0 Å². The molecule has 1 heterocycles. The van der Waals surface area contributed by atoms with Gasteiger partial charge in [0.1, 0.15) is 11.4 Å². The van der Waals surface area contributed by atoms with Gasteiger partial charge >= 0.3 is 5.97 Å². The molecule has 3 aromatic rings. The number of carbonyl (C=O) groups is 1. The largest absolute Gasteiger partial charge is 0.478 e. The number of benzene rings is 2. The Hall–Kier alpha value is -2.99. The minimum atomic E-state index is -1.00. The third-order valence-corrected chi connectivity index (χ3v) is 8.49. The maximum Gasteiger partial charge on any atom is 0.339 e. The molecule has 2 aliphatic carbocycles. The predicted molar refractivity (Wildman–Crippen MR) is 143 cm³/mol. The van der Waals surface area contributed by atoms with E-state index < -0.39 is 5.97 Å². The summed E-state index contributed by atoms with van der Waals surface area (Å²) in [5.41, 5.74) is 3.81. The smallest absolute Gasteiger partial charge is 0.339 e. The molecule has 1 aromatic heterocycles. The van der Waals surface area contributed by atoms with Crippen LogP contribution in [0.1, 0.15) is 61.9 Å². The van der Waals surface area contributed by atoms with Gasteiger partial charge in [0.15, 0.2) is 0 Å². The second kappa shape index (κ2) is 9.94. The quantitative estimate of drug-likeness (QED) is 0.296. The molecule has 2 fully saturated rings. The van der Waals surface area contributed by atoms with E-state index in [1.54, 1.807) is 24.2 Å². The zero-order valence-electron chi connectivity index (χ0n) is 20.3. The van der Waals surface area contributed by atoms with E-state index in [0.29, 0.717) is 11.2 Å². The Morgan fingerprint density at radius 2 is 1.63 bits per heavy atom. The first-order chi connectivity index (χ1) is 16.9. The molecule has 5 nitrogen and oxygen atoms in total. The van der Waals surface area contributed by atoms with Crippen molar-refractivity contribution in [1.82, 2.24) is 4.98 Å². The fourth-order valence-electron chi connectivity index (χ4n) is 6.30. The third kappa shape index (κ3) is 5.48. The van der Waals surface area contributed by atoms with Gasteiger partial charge in [0.2, 0.25) is 0 Å². The van der Waals surface area contributed by atoms with Gasteiger partial charge in [0, 0.05) is 22.5 Å². The van der Waals surface area contributed by atoms with E-state index in [4.69, 9.17) is 0 Å². The Balaban J connectivity index is 1.18. The van der Waals surface area contributed by atoms with E-state index in [1.807, 2.05) is 24.3 Å². The van der Waals surface area contributed by atoms with Crippen LogP contribution >= 0.6 is 11.9 Å². The average molecular weight is 488 g/mol. The highest BCUT2D eigenvalue weighted by molar-refractivity contribution is 8.00. The highest BCUT2D eigenvalue weighted by Crippen LogP contribution is 2.51. The maximum atomic E-state index is 11.4. The molecule has 2 unspecified atom stereocenters. The molecule has 6 heteroatoms. The number of fused-ring (bicyclic) bond motifs is 2. The highest BCUT2D eigenvalue weighted by Gasteiger charge is 2.41. The Labute approximate surface area is 211 Å². The molecular weight excluding hydrogens is 454 g/mol. The van der Waals surface area contributed by atoms with Gasteiger partial charge in [-0.2, -0.15) is 0 Å². The molecule has 2 aliphatic rings. The lowest BCUT2D eigenvalue weighted by Crippen LogP contribution is -2.38. The van der Waals surface area contributed by atoms with E-state index in [9.17, 15) is 9.90 Å². The van der Waals surface area contributed by atoms with Gasteiger partial charge in [-0.15, -0.1) is 0 Å². The standard InChI is InChI=1S/C29H33N3O2S/c1-19-14-20-16-21(15-19)18-29(2,17-20)22-5-7-24(8-6-22)32-35-25-11-9-23(10-12-25)31-27-26(28(33)34)4-3-13-30-27/h3-13,19-21,32H,14-18H2,1-2H3,(H,30,31)(H,33,34). The van der Waals surface area contributed by atoms with Crippen LogP contribution in [0.2, 0.25) is 0 Å². The molecule has 0 radical (unpaired) electrons. The van der Waals surface area contributed by atoms with Crippen LogP contribution in [0.4, 0.5) is 17.2 Å². The third-order valence-electron chi connectivity index (χ3n) is 7.64. The molecule has 182 valence electrons. The highest BCUT2D eigenvalue weighted by atomic mass is 32.2. The second-order valence-electron chi connectivity index (χ2n) is 10.6. The molecule has 5 rings (SSSR count). The zero-order valence-corrected chi connectivity index (χ0v) is 21.1. The molecular formula is C29H33N3O2S. The van der Waals surface area contributed by atoms with Crippen molar-refractivity contribution in [2.75, 3.05) is 10.0 Å². The number of nitrogens with zero attached hydrogens (tertiary/aromatic N) is 1. The van der Waals surface area contributed by atoms with Crippen molar-refractivity contribution < 1.29 is 9.90 Å². The lowest BCUT2D eigenvalue weighted by atomic mass is 9.57. The SMILES string of the molecule is CC1CC2CC(C1)CC(C)(c1ccc(NSc3ccc(Nc4ncccc4C(=O)O)cc3)cc1)C2. The second-order valence-corrected chi connectivity index (χ2v) is 11.5. The molecule has 0 spiro atoms. The van der Waals surface area contributed by atoms with Gasteiger partial charge in [0.05, 0.1) is 0 Å². The number of pyridine rings is 1. The monoisotopic (exact) mass is 487 g/mol. The van der Waals surface area contributed by atoms with Crippen molar-refractivity contribution in [3.8, 4) is 0 Å². The number of aromatic carboxylic acids is 1. The van der Waals surface area contributed by atoms with E-state index in [1.165, 1.54) is 43.7 Å². The molecule has 2 atom stereocenters. The van der Waals surface area contributed by atoms with Gasteiger partial charge in [-0.05, 0) is 121 Å². The van der Waals surface area contributed by atoms with Gasteiger partial charge < -0.3 is 15.1 Å². The number of nitrogens with one attached hydrogen (secondary N) is 2. The average Bonchev–Trinajstić information content (AvgIpc) is 2.83. The summed E-state index contributed by atoms with van der Waals surface area (Å²) >= 11 is 1.56. The molecule has 2 bridgehead atoms. The van der Waals surface area contributed by atoms with Crippen molar-refractivity contribution >= 4 is 35.1 Å². The number of rotatable bonds is 7. The number of carboxylic acids is 1. The molecule has 2 aromatic carbocycles. The van der Waals surface area contributed by atoms with E-state index >= 15 is 0 Å². The van der Waals surface area contributed by atoms with E-state index in [2.05, 4.69) is 53.1 Å².